The molecule has 0 saturated carbocycles. The van der Waals surface area contributed by atoms with Gasteiger partial charge < -0.3 is 10.3 Å². The van der Waals surface area contributed by atoms with Gasteiger partial charge in [-0.15, -0.1) is 0 Å². The highest BCUT2D eigenvalue weighted by atomic mass is 15.1. The summed E-state index contributed by atoms with van der Waals surface area (Å²) < 4.78 is 2.12. The largest absolute Gasteiger partial charge is 0.384 e. The molecule has 0 aliphatic heterocycles. The molecule has 0 aromatic carbocycles. The van der Waals surface area contributed by atoms with E-state index in [1.54, 1.807) is 0 Å². The molecular formula is C13H21N3. The molecule has 1 aromatic rings. The standard InChI is InChI=1S/C13H21N3/c1-6-12(8(2)3)16-10(5)9(4)11(7-14)13(16)15/h8,12H,6,15H2,1-5H3. The molecule has 88 valence electrons. The van der Waals surface area contributed by atoms with Gasteiger partial charge in [-0.05, 0) is 31.7 Å². The first-order valence-electron chi connectivity index (χ1n) is 5.82. The van der Waals surface area contributed by atoms with E-state index in [0.717, 1.165) is 17.7 Å². The van der Waals surface area contributed by atoms with Crippen LogP contribution in [-0.2, 0) is 0 Å². The summed E-state index contributed by atoms with van der Waals surface area (Å²) >= 11 is 0. The van der Waals surface area contributed by atoms with Crippen molar-refractivity contribution >= 4 is 5.82 Å². The van der Waals surface area contributed by atoms with Gasteiger partial charge in [0.15, 0.2) is 0 Å². The minimum absolute atomic E-state index is 0.376. The van der Waals surface area contributed by atoms with E-state index >= 15 is 0 Å². The summed E-state index contributed by atoms with van der Waals surface area (Å²) in [5.41, 5.74) is 8.84. The quantitative estimate of drug-likeness (QED) is 0.849. The lowest BCUT2D eigenvalue weighted by Crippen LogP contribution is -2.17. The summed E-state index contributed by atoms with van der Waals surface area (Å²) in [4.78, 5) is 0. The second-order valence-corrected chi connectivity index (χ2v) is 4.67. The summed E-state index contributed by atoms with van der Waals surface area (Å²) in [5.74, 6) is 1.14. The Kier molecular flexibility index (Phi) is 3.64. The lowest BCUT2D eigenvalue weighted by atomic mass is 10.0. The molecule has 2 N–H and O–H groups in total. The number of nitrogens with two attached hydrogens (primary N) is 1. The van der Waals surface area contributed by atoms with Gasteiger partial charge in [0, 0.05) is 11.7 Å². The van der Waals surface area contributed by atoms with Crippen LogP contribution in [0.25, 0.3) is 0 Å². The summed E-state index contributed by atoms with van der Waals surface area (Å²) in [6, 6.07) is 2.57. The van der Waals surface area contributed by atoms with Crippen LogP contribution in [0.5, 0.6) is 0 Å². The molecule has 3 heteroatoms. The van der Waals surface area contributed by atoms with Crippen LogP contribution in [0.4, 0.5) is 5.82 Å². The van der Waals surface area contributed by atoms with Gasteiger partial charge >= 0.3 is 0 Å². The molecular weight excluding hydrogens is 198 g/mol. The second kappa shape index (κ2) is 4.61. The predicted octanol–water partition coefficient (Wildman–Crippen LogP) is 3.17. The Morgan fingerprint density at radius 1 is 1.38 bits per heavy atom. The zero-order valence-electron chi connectivity index (χ0n) is 10.8. The SMILES string of the molecule is CCC(C(C)C)n1c(C)c(C)c(C#N)c1N. The smallest absolute Gasteiger partial charge is 0.122 e. The average Bonchev–Trinajstić information content (AvgIpc) is 2.43. The third-order valence-corrected chi connectivity index (χ3v) is 3.43. The molecule has 1 heterocycles. The van der Waals surface area contributed by atoms with E-state index < -0.39 is 0 Å². The van der Waals surface area contributed by atoms with Crippen LogP contribution in [0.3, 0.4) is 0 Å². The minimum Gasteiger partial charge on any atom is -0.384 e. The van der Waals surface area contributed by atoms with Gasteiger partial charge in [0.1, 0.15) is 11.9 Å². The predicted molar refractivity (Wildman–Crippen MR) is 67.2 cm³/mol. The Bertz CT molecular complexity index is 421. The van der Waals surface area contributed by atoms with Crippen molar-refractivity contribution in [2.45, 2.75) is 47.1 Å². The first kappa shape index (κ1) is 12.6. The summed E-state index contributed by atoms with van der Waals surface area (Å²) in [6.07, 6.45) is 1.03. The van der Waals surface area contributed by atoms with Crippen molar-refractivity contribution in [2.24, 2.45) is 5.92 Å². The van der Waals surface area contributed by atoms with Crippen LogP contribution in [0.1, 0.15) is 50.1 Å². The first-order chi connectivity index (χ1) is 7.45. The lowest BCUT2D eigenvalue weighted by Gasteiger charge is -2.24. The van der Waals surface area contributed by atoms with Gasteiger partial charge in [0.05, 0.1) is 5.56 Å². The Morgan fingerprint density at radius 3 is 2.25 bits per heavy atom. The molecule has 1 unspecified atom stereocenters. The van der Waals surface area contributed by atoms with E-state index in [1.807, 2.05) is 13.8 Å². The second-order valence-electron chi connectivity index (χ2n) is 4.67. The number of rotatable bonds is 3. The number of nitrogen functional groups attached to an aromatic ring is 1. The summed E-state index contributed by atoms with van der Waals surface area (Å²) in [7, 11) is 0. The van der Waals surface area contributed by atoms with Gasteiger partial charge in [0.25, 0.3) is 0 Å². The molecule has 0 aliphatic carbocycles. The summed E-state index contributed by atoms with van der Waals surface area (Å²) in [5, 5.41) is 9.09. The lowest BCUT2D eigenvalue weighted by molar-refractivity contribution is 0.365. The highest BCUT2D eigenvalue weighted by Gasteiger charge is 2.22. The third kappa shape index (κ3) is 1.80. The van der Waals surface area contributed by atoms with Crippen molar-refractivity contribution < 1.29 is 0 Å². The highest BCUT2D eigenvalue weighted by molar-refractivity contribution is 5.58. The number of nitrogens with zero attached hydrogens (tertiary/aromatic N) is 2. The number of aromatic nitrogens is 1. The molecule has 16 heavy (non-hydrogen) atoms. The van der Waals surface area contributed by atoms with Crippen molar-refractivity contribution in [1.82, 2.24) is 4.57 Å². The van der Waals surface area contributed by atoms with Crippen LogP contribution < -0.4 is 5.73 Å². The van der Waals surface area contributed by atoms with Gasteiger partial charge in [0.2, 0.25) is 0 Å². The molecule has 0 amide bonds. The zero-order valence-corrected chi connectivity index (χ0v) is 10.8. The van der Waals surface area contributed by atoms with Gasteiger partial charge in [-0.25, -0.2) is 0 Å². The number of nitriles is 1. The fraction of sp³-hybridized carbons (Fsp3) is 0.615. The van der Waals surface area contributed by atoms with Crippen LogP contribution in [0.2, 0.25) is 0 Å². The van der Waals surface area contributed by atoms with Crippen LogP contribution in [0.15, 0.2) is 0 Å². The topological polar surface area (TPSA) is 54.7 Å². The average molecular weight is 219 g/mol. The van der Waals surface area contributed by atoms with Gasteiger partial charge in [-0.1, -0.05) is 20.8 Å². The molecule has 1 aromatic heterocycles. The first-order valence-corrected chi connectivity index (χ1v) is 5.82. The molecule has 0 saturated heterocycles. The van der Waals surface area contributed by atoms with Crippen molar-refractivity contribution in [3.8, 4) is 6.07 Å². The zero-order chi connectivity index (χ0) is 12.5. The van der Waals surface area contributed by atoms with Crippen molar-refractivity contribution in [2.75, 3.05) is 5.73 Å². The highest BCUT2D eigenvalue weighted by Crippen LogP contribution is 2.32. The molecule has 0 bridgehead atoms. The van der Waals surface area contributed by atoms with Crippen LogP contribution in [0, 0.1) is 31.1 Å². The van der Waals surface area contributed by atoms with E-state index in [1.165, 1.54) is 0 Å². The molecule has 0 radical (unpaired) electrons. The number of hydrogen-bond acceptors (Lipinski definition) is 2. The van der Waals surface area contributed by atoms with E-state index in [0.29, 0.717) is 23.3 Å². The van der Waals surface area contributed by atoms with E-state index in [4.69, 9.17) is 11.0 Å². The Labute approximate surface area is 97.9 Å². The fourth-order valence-corrected chi connectivity index (χ4v) is 2.38. The van der Waals surface area contributed by atoms with E-state index in [2.05, 4.69) is 31.4 Å². The maximum atomic E-state index is 9.09. The van der Waals surface area contributed by atoms with Crippen molar-refractivity contribution in [3.05, 3.63) is 16.8 Å². The minimum atomic E-state index is 0.376. The van der Waals surface area contributed by atoms with E-state index in [9.17, 15) is 0 Å². The van der Waals surface area contributed by atoms with Gasteiger partial charge in [-0.3, -0.25) is 0 Å². The molecule has 1 atom stereocenters. The normalized spacial score (nSPS) is 12.8. The molecule has 0 aliphatic rings. The maximum absolute atomic E-state index is 9.09. The maximum Gasteiger partial charge on any atom is 0.122 e. The summed E-state index contributed by atoms with van der Waals surface area (Å²) in [6.45, 7) is 10.5. The Balaban J connectivity index is 3.40. The van der Waals surface area contributed by atoms with Crippen molar-refractivity contribution in [3.63, 3.8) is 0 Å². The number of hydrogen-bond donors (Lipinski definition) is 1. The van der Waals surface area contributed by atoms with Crippen LogP contribution in [-0.4, -0.2) is 4.57 Å². The monoisotopic (exact) mass is 219 g/mol. The van der Waals surface area contributed by atoms with Gasteiger partial charge in [-0.2, -0.15) is 5.26 Å². The third-order valence-electron chi connectivity index (χ3n) is 3.43. The number of anilines is 1. The molecule has 3 nitrogen and oxygen atoms in total. The Hall–Kier alpha value is -1.43. The van der Waals surface area contributed by atoms with Crippen molar-refractivity contribution in [1.29, 1.82) is 5.26 Å². The molecule has 1 rings (SSSR count). The Morgan fingerprint density at radius 2 is 1.94 bits per heavy atom. The fourth-order valence-electron chi connectivity index (χ4n) is 2.38. The molecule has 0 fully saturated rings. The van der Waals surface area contributed by atoms with Crippen LogP contribution >= 0.6 is 0 Å². The molecule has 0 spiro atoms. The van der Waals surface area contributed by atoms with E-state index in [-0.39, 0.29) is 0 Å².